The summed E-state index contributed by atoms with van der Waals surface area (Å²) in [5.74, 6) is 0. The fourth-order valence-corrected chi connectivity index (χ4v) is 3.41. The highest BCUT2D eigenvalue weighted by atomic mass is 32.2. The van der Waals surface area contributed by atoms with E-state index in [0.717, 1.165) is 19.4 Å². The van der Waals surface area contributed by atoms with Crippen LogP contribution in [0.25, 0.3) is 0 Å². The molecule has 1 saturated heterocycles. The molecule has 2 heterocycles. The van der Waals surface area contributed by atoms with Crippen LogP contribution in [0, 0.1) is 0 Å². The van der Waals surface area contributed by atoms with Crippen molar-refractivity contribution in [2.75, 3.05) is 13.1 Å². The third-order valence-corrected chi connectivity index (χ3v) is 4.78. The number of nitrogens with zero attached hydrogens (tertiary/aromatic N) is 2. The molecule has 1 aliphatic heterocycles. The molecule has 1 aromatic rings. The molecule has 2 rings (SSSR count). The van der Waals surface area contributed by atoms with Crippen molar-refractivity contribution in [2.45, 2.75) is 36.8 Å². The number of rotatable bonds is 5. The van der Waals surface area contributed by atoms with Crippen molar-refractivity contribution in [3.8, 4) is 0 Å². The lowest BCUT2D eigenvalue weighted by Gasteiger charge is -2.23. The summed E-state index contributed by atoms with van der Waals surface area (Å²) >= 11 is 0. The zero-order valence-electron chi connectivity index (χ0n) is 10.6. The van der Waals surface area contributed by atoms with Gasteiger partial charge in [-0.25, -0.2) is 13.1 Å². The third-order valence-electron chi connectivity index (χ3n) is 3.25. The largest absolute Gasteiger partial charge is 0.314 e. The maximum absolute atomic E-state index is 12.0. The average Bonchev–Trinajstić information content (AvgIpc) is 2.77. The number of piperidine rings is 1. The average molecular weight is 272 g/mol. The van der Waals surface area contributed by atoms with Gasteiger partial charge in [0.1, 0.15) is 0 Å². The lowest BCUT2D eigenvalue weighted by atomic mass is 10.0. The van der Waals surface area contributed by atoms with Crippen LogP contribution in [-0.2, 0) is 17.1 Å². The van der Waals surface area contributed by atoms with Crippen molar-refractivity contribution < 1.29 is 8.42 Å². The van der Waals surface area contributed by atoms with Gasteiger partial charge >= 0.3 is 0 Å². The molecule has 1 aromatic heterocycles. The van der Waals surface area contributed by atoms with Gasteiger partial charge in [0.15, 0.2) is 5.03 Å². The minimum absolute atomic E-state index is 0.208. The van der Waals surface area contributed by atoms with E-state index in [-0.39, 0.29) is 5.03 Å². The van der Waals surface area contributed by atoms with Gasteiger partial charge in [-0.3, -0.25) is 4.68 Å². The Hall–Kier alpha value is -0.920. The van der Waals surface area contributed by atoms with E-state index in [4.69, 9.17) is 0 Å². The van der Waals surface area contributed by atoms with Crippen molar-refractivity contribution in [1.82, 2.24) is 19.8 Å². The Bertz CT molecular complexity index is 477. The summed E-state index contributed by atoms with van der Waals surface area (Å²) in [6.07, 6.45) is 5.89. The zero-order valence-corrected chi connectivity index (χ0v) is 11.4. The van der Waals surface area contributed by atoms with Crippen LogP contribution in [0.3, 0.4) is 0 Å². The molecule has 0 bridgehead atoms. The number of hydrogen-bond donors (Lipinski definition) is 2. The molecule has 102 valence electrons. The molecule has 0 amide bonds. The Morgan fingerprint density at radius 1 is 1.56 bits per heavy atom. The van der Waals surface area contributed by atoms with E-state index < -0.39 is 10.0 Å². The van der Waals surface area contributed by atoms with Gasteiger partial charge in [0.25, 0.3) is 10.0 Å². The fourth-order valence-electron chi connectivity index (χ4n) is 2.24. The SMILES string of the molecule is Cn1nccc1S(=O)(=O)NCCC1CCCCN1. The molecule has 1 atom stereocenters. The Balaban J connectivity index is 1.84. The summed E-state index contributed by atoms with van der Waals surface area (Å²) in [6.45, 7) is 1.50. The van der Waals surface area contributed by atoms with E-state index >= 15 is 0 Å². The van der Waals surface area contributed by atoms with E-state index in [9.17, 15) is 8.42 Å². The molecule has 0 radical (unpaired) electrons. The van der Waals surface area contributed by atoms with E-state index in [1.165, 1.54) is 29.8 Å². The van der Waals surface area contributed by atoms with Gasteiger partial charge in [0, 0.05) is 19.6 Å². The van der Waals surface area contributed by atoms with Crippen molar-refractivity contribution in [2.24, 2.45) is 7.05 Å². The van der Waals surface area contributed by atoms with Crippen molar-refractivity contribution in [1.29, 1.82) is 0 Å². The molecule has 1 unspecified atom stereocenters. The molecular formula is C11H20N4O2S. The minimum Gasteiger partial charge on any atom is -0.314 e. The summed E-state index contributed by atoms with van der Waals surface area (Å²) in [7, 11) is -1.80. The minimum atomic E-state index is -3.43. The third kappa shape index (κ3) is 3.30. The van der Waals surface area contributed by atoms with Crippen LogP contribution in [-0.4, -0.2) is 37.3 Å². The van der Waals surface area contributed by atoms with E-state index in [1.807, 2.05) is 0 Å². The van der Waals surface area contributed by atoms with E-state index in [0.29, 0.717) is 12.6 Å². The summed E-state index contributed by atoms with van der Waals surface area (Å²) in [5, 5.41) is 7.47. The highest BCUT2D eigenvalue weighted by Gasteiger charge is 2.18. The van der Waals surface area contributed by atoms with E-state index in [1.54, 1.807) is 7.05 Å². The molecule has 0 aromatic carbocycles. The summed E-state index contributed by atoms with van der Waals surface area (Å²) < 4.78 is 27.9. The first-order chi connectivity index (χ1) is 8.59. The number of hydrogen-bond acceptors (Lipinski definition) is 4. The molecule has 0 saturated carbocycles. The Kier molecular flexibility index (Phi) is 4.36. The maximum atomic E-state index is 12.0. The second kappa shape index (κ2) is 5.81. The first-order valence-electron chi connectivity index (χ1n) is 6.30. The van der Waals surface area contributed by atoms with Crippen molar-refractivity contribution in [3.63, 3.8) is 0 Å². The molecule has 0 spiro atoms. The van der Waals surface area contributed by atoms with Gasteiger partial charge in [0.05, 0.1) is 6.20 Å². The number of sulfonamides is 1. The van der Waals surface area contributed by atoms with Gasteiger partial charge in [-0.15, -0.1) is 0 Å². The van der Waals surface area contributed by atoms with Gasteiger partial charge < -0.3 is 5.32 Å². The molecule has 6 nitrogen and oxygen atoms in total. The van der Waals surface area contributed by atoms with Gasteiger partial charge in [0.2, 0.25) is 0 Å². The van der Waals surface area contributed by atoms with Crippen molar-refractivity contribution in [3.05, 3.63) is 12.3 Å². The first-order valence-corrected chi connectivity index (χ1v) is 7.79. The van der Waals surface area contributed by atoms with Crippen LogP contribution >= 0.6 is 0 Å². The normalized spacial score (nSPS) is 21.1. The van der Waals surface area contributed by atoms with Crippen LogP contribution in [0.15, 0.2) is 17.3 Å². The predicted molar refractivity (Wildman–Crippen MR) is 68.7 cm³/mol. The fraction of sp³-hybridized carbons (Fsp3) is 0.727. The van der Waals surface area contributed by atoms with Gasteiger partial charge in [-0.2, -0.15) is 5.10 Å². The summed E-state index contributed by atoms with van der Waals surface area (Å²) in [6, 6.07) is 1.94. The summed E-state index contributed by atoms with van der Waals surface area (Å²) in [5.41, 5.74) is 0. The van der Waals surface area contributed by atoms with Crippen molar-refractivity contribution >= 4 is 10.0 Å². The second-order valence-electron chi connectivity index (χ2n) is 4.63. The molecule has 2 N–H and O–H groups in total. The monoisotopic (exact) mass is 272 g/mol. The smallest absolute Gasteiger partial charge is 0.257 e. The first kappa shape index (κ1) is 13.5. The Morgan fingerprint density at radius 3 is 3.00 bits per heavy atom. The number of nitrogens with one attached hydrogen (secondary N) is 2. The Morgan fingerprint density at radius 2 is 2.39 bits per heavy atom. The maximum Gasteiger partial charge on any atom is 0.257 e. The van der Waals surface area contributed by atoms with E-state index in [2.05, 4.69) is 15.1 Å². The molecule has 1 fully saturated rings. The van der Waals surface area contributed by atoms with Gasteiger partial charge in [-0.05, 0) is 31.9 Å². The predicted octanol–water partition coefficient (Wildman–Crippen LogP) is 0.231. The topological polar surface area (TPSA) is 76.0 Å². The van der Waals surface area contributed by atoms with Crippen LogP contribution < -0.4 is 10.0 Å². The standard InChI is InChI=1S/C11H20N4O2S/c1-15-11(6-8-13-15)18(16,17)14-9-5-10-4-2-3-7-12-10/h6,8,10,12,14H,2-5,7,9H2,1H3. The zero-order chi connectivity index (χ0) is 13.0. The van der Waals surface area contributed by atoms with Crippen LogP contribution in [0.2, 0.25) is 0 Å². The second-order valence-corrected chi connectivity index (χ2v) is 6.34. The molecule has 18 heavy (non-hydrogen) atoms. The van der Waals surface area contributed by atoms with Crippen LogP contribution in [0.4, 0.5) is 0 Å². The van der Waals surface area contributed by atoms with Crippen LogP contribution in [0.5, 0.6) is 0 Å². The molecule has 0 aliphatic carbocycles. The number of aromatic nitrogens is 2. The van der Waals surface area contributed by atoms with Crippen LogP contribution in [0.1, 0.15) is 25.7 Å². The molecular weight excluding hydrogens is 252 g/mol. The highest BCUT2D eigenvalue weighted by Crippen LogP contribution is 2.10. The number of aryl methyl sites for hydroxylation is 1. The highest BCUT2D eigenvalue weighted by molar-refractivity contribution is 7.89. The Labute approximate surface area is 108 Å². The lowest BCUT2D eigenvalue weighted by molar-refractivity contribution is 0.382. The molecule has 7 heteroatoms. The quantitative estimate of drug-likeness (QED) is 0.804. The lowest BCUT2D eigenvalue weighted by Crippen LogP contribution is -2.37. The van der Waals surface area contributed by atoms with Gasteiger partial charge in [-0.1, -0.05) is 6.42 Å². The summed E-state index contributed by atoms with van der Waals surface area (Å²) in [4.78, 5) is 0. The molecule has 1 aliphatic rings.